The molecule has 2 aliphatic heterocycles. The highest BCUT2D eigenvalue weighted by Gasteiger charge is 2.45. The number of carboxylic acid groups (broad SMARTS) is 1. The second kappa shape index (κ2) is 9.51. The summed E-state index contributed by atoms with van der Waals surface area (Å²) in [5, 5.41) is 14.3. The van der Waals surface area contributed by atoms with Gasteiger partial charge in [0.05, 0.1) is 17.8 Å². The van der Waals surface area contributed by atoms with Gasteiger partial charge in [-0.05, 0) is 32.3 Å². The van der Waals surface area contributed by atoms with Crippen LogP contribution in [-0.2, 0) is 9.53 Å². The summed E-state index contributed by atoms with van der Waals surface area (Å²) in [5.74, 6) is -1.96. The van der Waals surface area contributed by atoms with Gasteiger partial charge >= 0.3 is 12.1 Å². The Balaban J connectivity index is 0.000000360. The first-order valence-corrected chi connectivity index (χ1v) is 9.78. The number of carbonyl (C=O) groups is 2. The Morgan fingerprint density at radius 3 is 2.59 bits per heavy atom. The number of nitrogens with one attached hydrogen (secondary N) is 1. The number of hydrogen-bond acceptors (Lipinski definition) is 8. The molecule has 32 heavy (non-hydrogen) atoms. The molecule has 1 amide bonds. The number of amides is 1. The number of rotatable bonds is 3. The molecule has 2 aliphatic rings. The van der Waals surface area contributed by atoms with Crippen LogP contribution in [0.25, 0.3) is 0 Å². The number of ether oxygens (including phenoxy) is 1. The molecule has 0 saturated carbocycles. The maximum absolute atomic E-state index is 12.6. The summed E-state index contributed by atoms with van der Waals surface area (Å²) >= 11 is 0. The normalized spacial score (nSPS) is 22.9. The number of likely N-dealkylation sites (tertiary alicyclic amines) is 1. The summed E-state index contributed by atoms with van der Waals surface area (Å²) in [6.45, 7) is 3.69. The average molecular weight is 457 g/mol. The standard InChI is InChI=1S/C17H21N5O3.C2HF3O2/c1-12-9-14(25-21-12)15(23)22-7-4-17(11-22)10-13(3-8-24-17)20-16-18-5-2-6-19-16;3-2(4,5)1(6)7/h2,5-6,9,13H,3-4,7-8,10-11H2,1H3,(H,18,19,20);(H,6,7)/t13-,17+;/m0./s1. The molecule has 0 radical (unpaired) electrons. The predicted molar refractivity (Wildman–Crippen MR) is 103 cm³/mol. The lowest BCUT2D eigenvalue weighted by atomic mass is 9.89. The second-order valence-electron chi connectivity index (χ2n) is 7.55. The van der Waals surface area contributed by atoms with E-state index in [1.54, 1.807) is 36.4 Å². The minimum Gasteiger partial charge on any atom is -0.475 e. The number of nitrogens with zero attached hydrogens (tertiary/aromatic N) is 4. The summed E-state index contributed by atoms with van der Waals surface area (Å²) in [4.78, 5) is 31.7. The van der Waals surface area contributed by atoms with Crippen molar-refractivity contribution in [1.29, 1.82) is 0 Å². The van der Waals surface area contributed by atoms with Crippen molar-refractivity contribution in [3.8, 4) is 0 Å². The highest BCUT2D eigenvalue weighted by atomic mass is 19.4. The largest absolute Gasteiger partial charge is 0.490 e. The summed E-state index contributed by atoms with van der Waals surface area (Å²) in [6, 6.07) is 3.70. The molecule has 4 rings (SSSR count). The lowest BCUT2D eigenvalue weighted by Crippen LogP contribution is -2.47. The zero-order chi connectivity index (χ0) is 23.4. The van der Waals surface area contributed by atoms with Crippen LogP contribution in [0, 0.1) is 6.92 Å². The van der Waals surface area contributed by atoms with E-state index in [0.29, 0.717) is 31.3 Å². The number of carboxylic acids is 1. The SMILES string of the molecule is Cc1cc(C(=O)N2CC[C@@]3(C[C@@H](Nc4ncccn4)CCO3)C2)on1.O=C(O)C(F)(F)F. The van der Waals surface area contributed by atoms with Crippen LogP contribution in [0.1, 0.15) is 35.5 Å². The second-order valence-corrected chi connectivity index (χ2v) is 7.55. The molecule has 2 N–H and O–H groups in total. The number of halogens is 3. The highest BCUT2D eigenvalue weighted by molar-refractivity contribution is 5.91. The monoisotopic (exact) mass is 457 g/mol. The molecule has 0 unspecified atom stereocenters. The molecule has 1 spiro atoms. The van der Waals surface area contributed by atoms with Crippen molar-refractivity contribution in [1.82, 2.24) is 20.0 Å². The molecular formula is C19H22F3N5O5. The zero-order valence-corrected chi connectivity index (χ0v) is 17.1. The first kappa shape index (κ1) is 23.4. The summed E-state index contributed by atoms with van der Waals surface area (Å²) < 4.78 is 42.9. The van der Waals surface area contributed by atoms with E-state index >= 15 is 0 Å². The van der Waals surface area contributed by atoms with Gasteiger partial charge in [0.2, 0.25) is 11.7 Å². The Bertz CT molecular complexity index is 939. The minimum absolute atomic E-state index is 0.123. The molecule has 0 aromatic carbocycles. The molecule has 4 heterocycles. The van der Waals surface area contributed by atoms with Gasteiger partial charge in [-0.25, -0.2) is 14.8 Å². The van der Waals surface area contributed by atoms with E-state index in [-0.39, 0.29) is 23.3 Å². The van der Waals surface area contributed by atoms with Crippen molar-refractivity contribution < 1.29 is 37.1 Å². The zero-order valence-electron chi connectivity index (χ0n) is 17.1. The maximum atomic E-state index is 12.6. The van der Waals surface area contributed by atoms with Crippen LogP contribution in [0.3, 0.4) is 0 Å². The first-order chi connectivity index (χ1) is 15.1. The average Bonchev–Trinajstić information content (AvgIpc) is 3.35. The van der Waals surface area contributed by atoms with Gasteiger partial charge in [0.25, 0.3) is 5.91 Å². The number of anilines is 1. The van der Waals surface area contributed by atoms with E-state index in [4.69, 9.17) is 19.2 Å². The van der Waals surface area contributed by atoms with Gasteiger partial charge in [-0.3, -0.25) is 4.79 Å². The molecule has 0 aliphatic carbocycles. The third kappa shape index (κ3) is 5.93. The molecule has 13 heteroatoms. The van der Waals surface area contributed by atoms with E-state index < -0.39 is 12.1 Å². The third-order valence-corrected chi connectivity index (χ3v) is 5.08. The highest BCUT2D eigenvalue weighted by Crippen LogP contribution is 2.35. The molecule has 174 valence electrons. The Hall–Kier alpha value is -3.22. The molecule has 10 nitrogen and oxygen atoms in total. The fourth-order valence-corrected chi connectivity index (χ4v) is 3.63. The third-order valence-electron chi connectivity index (χ3n) is 5.08. The summed E-state index contributed by atoms with van der Waals surface area (Å²) in [7, 11) is 0. The number of aromatic nitrogens is 3. The van der Waals surface area contributed by atoms with Gasteiger partial charge in [-0.15, -0.1) is 0 Å². The van der Waals surface area contributed by atoms with Crippen LogP contribution in [0.5, 0.6) is 0 Å². The fraction of sp³-hybridized carbons (Fsp3) is 0.526. The van der Waals surface area contributed by atoms with Gasteiger partial charge in [0, 0.05) is 37.7 Å². The topological polar surface area (TPSA) is 131 Å². The van der Waals surface area contributed by atoms with Gasteiger partial charge in [0.1, 0.15) is 0 Å². The van der Waals surface area contributed by atoms with Gasteiger partial charge in [0.15, 0.2) is 0 Å². The maximum Gasteiger partial charge on any atom is 0.490 e. The van der Waals surface area contributed by atoms with E-state index in [9.17, 15) is 18.0 Å². The van der Waals surface area contributed by atoms with Gasteiger partial charge in [-0.2, -0.15) is 13.2 Å². The van der Waals surface area contributed by atoms with Crippen molar-refractivity contribution >= 4 is 17.8 Å². The smallest absolute Gasteiger partial charge is 0.475 e. The van der Waals surface area contributed by atoms with Crippen LogP contribution in [0.15, 0.2) is 29.0 Å². The van der Waals surface area contributed by atoms with Crippen LogP contribution >= 0.6 is 0 Å². The van der Waals surface area contributed by atoms with Crippen molar-refractivity contribution in [3.63, 3.8) is 0 Å². The number of aliphatic carboxylic acids is 1. The molecule has 2 aromatic heterocycles. The van der Waals surface area contributed by atoms with E-state index in [0.717, 1.165) is 19.3 Å². The first-order valence-electron chi connectivity index (χ1n) is 9.78. The van der Waals surface area contributed by atoms with E-state index in [1.807, 2.05) is 0 Å². The van der Waals surface area contributed by atoms with E-state index in [2.05, 4.69) is 20.4 Å². The quantitative estimate of drug-likeness (QED) is 0.713. The molecule has 2 fully saturated rings. The minimum atomic E-state index is -5.08. The van der Waals surface area contributed by atoms with Crippen LogP contribution in [0.4, 0.5) is 19.1 Å². The van der Waals surface area contributed by atoms with Crippen molar-refractivity contribution in [3.05, 3.63) is 36.0 Å². The molecular weight excluding hydrogens is 435 g/mol. The van der Waals surface area contributed by atoms with Crippen LogP contribution in [0.2, 0.25) is 0 Å². The lowest BCUT2D eigenvalue weighted by molar-refractivity contribution is -0.192. The Kier molecular flexibility index (Phi) is 6.96. The Labute approximate surface area is 180 Å². The van der Waals surface area contributed by atoms with E-state index in [1.165, 1.54) is 0 Å². The molecule has 2 aromatic rings. The molecule has 2 atom stereocenters. The summed E-state index contributed by atoms with van der Waals surface area (Å²) in [5.41, 5.74) is 0.397. The lowest BCUT2D eigenvalue weighted by Gasteiger charge is -2.38. The number of carbonyl (C=O) groups excluding carboxylic acids is 1. The Morgan fingerprint density at radius 2 is 2.00 bits per heavy atom. The molecule has 2 saturated heterocycles. The van der Waals surface area contributed by atoms with Crippen LogP contribution < -0.4 is 5.32 Å². The van der Waals surface area contributed by atoms with Gasteiger partial charge in [-0.1, -0.05) is 5.16 Å². The van der Waals surface area contributed by atoms with Crippen molar-refractivity contribution in [2.45, 2.75) is 44.0 Å². The Morgan fingerprint density at radius 1 is 1.31 bits per heavy atom. The molecule has 0 bridgehead atoms. The van der Waals surface area contributed by atoms with Crippen LogP contribution in [-0.4, -0.2) is 74.5 Å². The summed E-state index contributed by atoms with van der Waals surface area (Å²) in [6.07, 6.45) is 0.902. The fourth-order valence-electron chi connectivity index (χ4n) is 3.63. The number of alkyl halides is 3. The van der Waals surface area contributed by atoms with Crippen molar-refractivity contribution in [2.24, 2.45) is 0 Å². The van der Waals surface area contributed by atoms with Crippen molar-refractivity contribution in [2.75, 3.05) is 25.0 Å². The number of hydrogen-bond donors (Lipinski definition) is 2. The predicted octanol–water partition coefficient (Wildman–Crippen LogP) is 2.28. The van der Waals surface area contributed by atoms with Gasteiger partial charge < -0.3 is 24.6 Å². The number of aryl methyl sites for hydroxylation is 1.